The molecule has 8 nitrogen and oxygen atoms in total. The van der Waals surface area contributed by atoms with Crippen LogP contribution in [-0.2, 0) is 19.5 Å². The fourth-order valence-corrected chi connectivity index (χ4v) is 3.31. The van der Waals surface area contributed by atoms with Gasteiger partial charge in [0.15, 0.2) is 0 Å². The van der Waals surface area contributed by atoms with Crippen LogP contribution in [0.1, 0.15) is 16.8 Å². The Morgan fingerprint density at radius 3 is 2.79 bits per heavy atom. The Labute approximate surface area is 158 Å². The van der Waals surface area contributed by atoms with Crippen LogP contribution in [0.15, 0.2) is 47.5 Å². The molecule has 142 valence electrons. The Morgan fingerprint density at radius 1 is 1.25 bits per heavy atom. The summed E-state index contributed by atoms with van der Waals surface area (Å²) in [6.45, 7) is 1.10. The number of nitrogens with zero attached hydrogens (tertiary/aromatic N) is 4. The lowest BCUT2D eigenvalue weighted by molar-refractivity contribution is -0.385. The molecule has 0 bridgehead atoms. The molecule has 0 spiro atoms. The van der Waals surface area contributed by atoms with Crippen molar-refractivity contribution in [2.24, 2.45) is 0 Å². The number of hydrogen-bond acceptors (Lipinski definition) is 6. The highest BCUT2D eigenvalue weighted by Gasteiger charge is 2.23. The van der Waals surface area contributed by atoms with E-state index in [0.717, 1.165) is 17.7 Å². The molecular formula is C19H16FN5O3. The average molecular weight is 381 g/mol. The highest BCUT2D eigenvalue weighted by Crippen LogP contribution is 2.22. The average Bonchev–Trinajstić information content (AvgIpc) is 2.70. The van der Waals surface area contributed by atoms with Crippen molar-refractivity contribution >= 4 is 5.69 Å². The number of hydrogen-bond donors (Lipinski definition) is 1. The summed E-state index contributed by atoms with van der Waals surface area (Å²) < 4.78 is 14.1. The monoisotopic (exact) mass is 381 g/mol. The number of halogens is 1. The first-order chi connectivity index (χ1) is 13.5. The van der Waals surface area contributed by atoms with Gasteiger partial charge in [-0.05, 0) is 24.6 Å². The zero-order chi connectivity index (χ0) is 19.7. The van der Waals surface area contributed by atoms with Crippen molar-refractivity contribution in [2.75, 3.05) is 6.54 Å². The molecule has 9 heteroatoms. The Kier molecular flexibility index (Phi) is 4.66. The molecular weight excluding hydrogens is 365 g/mol. The fourth-order valence-electron chi connectivity index (χ4n) is 3.31. The minimum atomic E-state index is -0.545. The van der Waals surface area contributed by atoms with E-state index in [2.05, 4.69) is 15.0 Å². The predicted octanol–water partition coefficient (Wildman–Crippen LogP) is 2.44. The zero-order valence-corrected chi connectivity index (χ0v) is 14.8. The van der Waals surface area contributed by atoms with Gasteiger partial charge in [0.2, 0.25) is 0 Å². The quantitative estimate of drug-likeness (QED) is 0.550. The third-order valence-electron chi connectivity index (χ3n) is 4.74. The lowest BCUT2D eigenvalue weighted by Gasteiger charge is -2.27. The molecule has 1 aromatic carbocycles. The molecule has 3 aromatic rings. The fraction of sp³-hybridized carbons (Fsp3) is 0.211. The molecule has 0 atom stereocenters. The molecule has 0 aliphatic carbocycles. The van der Waals surface area contributed by atoms with Gasteiger partial charge in [-0.25, -0.2) is 9.37 Å². The van der Waals surface area contributed by atoms with E-state index in [1.165, 1.54) is 6.07 Å². The summed E-state index contributed by atoms with van der Waals surface area (Å²) in [5.74, 6) is -0.0396. The summed E-state index contributed by atoms with van der Waals surface area (Å²) in [4.78, 5) is 36.1. The Bertz CT molecular complexity index is 1100. The standard InChI is InChI=1S/C19H16FN5O3/c20-16-2-1-14(25(27)28)9-13(16)10-24-8-5-15-17(11-24)22-18(23-19(15)26)12-3-6-21-7-4-12/h1-4,6-7,9H,5,8,10-11H2,(H,22,23,26). The molecule has 0 saturated heterocycles. The molecule has 2 aromatic heterocycles. The number of rotatable bonds is 4. The second-order valence-corrected chi connectivity index (χ2v) is 6.57. The minimum absolute atomic E-state index is 0.150. The van der Waals surface area contributed by atoms with E-state index < -0.39 is 10.7 Å². The van der Waals surface area contributed by atoms with Gasteiger partial charge in [0.05, 0.1) is 10.6 Å². The van der Waals surface area contributed by atoms with Crippen LogP contribution in [0, 0.1) is 15.9 Å². The van der Waals surface area contributed by atoms with Gasteiger partial charge in [-0.3, -0.25) is 24.8 Å². The number of non-ortho nitro benzene ring substituents is 1. The van der Waals surface area contributed by atoms with Crippen molar-refractivity contribution in [2.45, 2.75) is 19.5 Å². The molecule has 0 amide bonds. The maximum atomic E-state index is 14.1. The summed E-state index contributed by atoms with van der Waals surface area (Å²) >= 11 is 0. The number of fused-ring (bicyclic) bond motifs is 1. The normalized spacial score (nSPS) is 13.9. The first-order valence-corrected chi connectivity index (χ1v) is 8.69. The Balaban J connectivity index is 1.61. The number of nitro groups is 1. The van der Waals surface area contributed by atoms with Gasteiger partial charge >= 0.3 is 0 Å². The topological polar surface area (TPSA) is 105 Å². The second-order valence-electron chi connectivity index (χ2n) is 6.57. The molecule has 0 unspecified atom stereocenters. The van der Waals surface area contributed by atoms with E-state index >= 15 is 0 Å². The van der Waals surface area contributed by atoms with Crippen molar-refractivity contribution in [3.05, 3.63) is 85.8 Å². The van der Waals surface area contributed by atoms with Crippen LogP contribution in [0.2, 0.25) is 0 Å². The highest BCUT2D eigenvalue weighted by atomic mass is 19.1. The van der Waals surface area contributed by atoms with Crippen LogP contribution in [-0.4, -0.2) is 31.3 Å². The molecule has 1 N–H and O–H groups in total. The van der Waals surface area contributed by atoms with Crippen LogP contribution >= 0.6 is 0 Å². The van der Waals surface area contributed by atoms with E-state index in [-0.39, 0.29) is 23.4 Å². The molecule has 3 heterocycles. The zero-order valence-electron chi connectivity index (χ0n) is 14.8. The van der Waals surface area contributed by atoms with Gasteiger partial charge in [0.1, 0.15) is 11.6 Å². The van der Waals surface area contributed by atoms with Gasteiger partial charge < -0.3 is 4.98 Å². The molecule has 0 fully saturated rings. The number of aromatic amines is 1. The number of benzene rings is 1. The number of nitro benzene ring substituents is 1. The number of pyridine rings is 1. The van der Waals surface area contributed by atoms with Crippen molar-refractivity contribution in [1.29, 1.82) is 0 Å². The SMILES string of the molecule is O=c1[nH]c(-c2ccncc2)nc2c1CCN(Cc1cc([N+](=O)[O-])ccc1F)C2. The van der Waals surface area contributed by atoms with Crippen LogP contribution < -0.4 is 5.56 Å². The van der Waals surface area contributed by atoms with Gasteiger partial charge in [-0.15, -0.1) is 0 Å². The summed E-state index contributed by atoms with van der Waals surface area (Å²) in [6.07, 6.45) is 3.71. The Hall–Kier alpha value is -3.46. The first-order valence-electron chi connectivity index (χ1n) is 8.69. The number of nitrogens with one attached hydrogen (secondary N) is 1. The highest BCUT2D eigenvalue weighted by molar-refractivity contribution is 5.54. The van der Waals surface area contributed by atoms with Crippen molar-refractivity contribution in [1.82, 2.24) is 19.9 Å². The largest absolute Gasteiger partial charge is 0.306 e. The lowest BCUT2D eigenvalue weighted by Crippen LogP contribution is -2.35. The molecule has 4 rings (SSSR count). The van der Waals surface area contributed by atoms with E-state index in [4.69, 9.17) is 0 Å². The molecule has 28 heavy (non-hydrogen) atoms. The number of H-pyrrole nitrogens is 1. The van der Waals surface area contributed by atoms with E-state index in [0.29, 0.717) is 36.6 Å². The third-order valence-corrected chi connectivity index (χ3v) is 4.74. The molecule has 1 aliphatic rings. The maximum absolute atomic E-state index is 14.1. The number of aromatic nitrogens is 3. The maximum Gasteiger partial charge on any atom is 0.269 e. The summed E-state index contributed by atoms with van der Waals surface area (Å²) in [6, 6.07) is 7.01. The van der Waals surface area contributed by atoms with E-state index in [1.54, 1.807) is 24.5 Å². The van der Waals surface area contributed by atoms with E-state index in [9.17, 15) is 19.3 Å². The van der Waals surface area contributed by atoms with Crippen LogP contribution in [0.4, 0.5) is 10.1 Å². The first kappa shape index (κ1) is 17.9. The Morgan fingerprint density at radius 2 is 2.04 bits per heavy atom. The van der Waals surface area contributed by atoms with Crippen molar-refractivity contribution < 1.29 is 9.31 Å². The summed E-state index contributed by atoms with van der Waals surface area (Å²) in [5, 5.41) is 10.9. The summed E-state index contributed by atoms with van der Waals surface area (Å²) in [7, 11) is 0. The van der Waals surface area contributed by atoms with Gasteiger partial charge in [-0.2, -0.15) is 0 Å². The lowest BCUT2D eigenvalue weighted by atomic mass is 10.0. The van der Waals surface area contributed by atoms with Crippen molar-refractivity contribution in [3.8, 4) is 11.4 Å². The molecule has 0 saturated carbocycles. The van der Waals surface area contributed by atoms with E-state index in [1.807, 2.05) is 4.90 Å². The third kappa shape index (κ3) is 3.52. The van der Waals surface area contributed by atoms with Gasteiger partial charge in [-0.1, -0.05) is 0 Å². The smallest absolute Gasteiger partial charge is 0.269 e. The van der Waals surface area contributed by atoms with Crippen LogP contribution in [0.25, 0.3) is 11.4 Å². The summed E-state index contributed by atoms with van der Waals surface area (Å²) in [5.41, 5.74) is 1.91. The van der Waals surface area contributed by atoms with Crippen LogP contribution in [0.3, 0.4) is 0 Å². The second kappa shape index (κ2) is 7.28. The van der Waals surface area contributed by atoms with Gasteiger partial charge in [0.25, 0.3) is 11.2 Å². The molecule has 1 aliphatic heterocycles. The van der Waals surface area contributed by atoms with Gasteiger partial charge in [0, 0.05) is 60.9 Å². The van der Waals surface area contributed by atoms with Crippen molar-refractivity contribution in [3.63, 3.8) is 0 Å². The molecule has 0 radical (unpaired) electrons. The predicted molar refractivity (Wildman–Crippen MR) is 99.0 cm³/mol. The van der Waals surface area contributed by atoms with Crippen LogP contribution in [0.5, 0.6) is 0 Å². The minimum Gasteiger partial charge on any atom is -0.306 e.